The van der Waals surface area contributed by atoms with E-state index < -0.39 is 5.97 Å². The standard InChI is InChI=1S/C11H11NO3/c1-15-11(13)7-6-9-2-4-10(5-3-9)8-12-14/h2-7H,8H2,1H3. The number of ether oxygens (including phenoxy) is 1. The summed E-state index contributed by atoms with van der Waals surface area (Å²) in [5, 5.41) is 2.78. The zero-order valence-corrected chi connectivity index (χ0v) is 8.34. The van der Waals surface area contributed by atoms with Crippen LogP contribution >= 0.6 is 0 Å². The number of nitroso groups, excluding NO2 is 1. The van der Waals surface area contributed by atoms with Crippen LogP contribution in [0.25, 0.3) is 6.08 Å². The Balaban J connectivity index is 2.67. The third kappa shape index (κ3) is 3.72. The first-order valence-corrected chi connectivity index (χ1v) is 4.40. The number of carbonyl (C=O) groups excluding carboxylic acids is 1. The Kier molecular flexibility index (Phi) is 4.22. The molecule has 0 unspecified atom stereocenters. The first kappa shape index (κ1) is 11.1. The molecule has 0 fully saturated rings. The van der Waals surface area contributed by atoms with E-state index in [1.54, 1.807) is 30.3 Å². The quantitative estimate of drug-likeness (QED) is 0.430. The van der Waals surface area contributed by atoms with Gasteiger partial charge >= 0.3 is 5.97 Å². The summed E-state index contributed by atoms with van der Waals surface area (Å²) in [6.45, 7) is 0.168. The Bertz CT molecular complexity index is 368. The lowest BCUT2D eigenvalue weighted by molar-refractivity contribution is -0.134. The van der Waals surface area contributed by atoms with Crippen molar-refractivity contribution >= 4 is 12.0 Å². The summed E-state index contributed by atoms with van der Waals surface area (Å²) in [6.07, 6.45) is 2.98. The van der Waals surface area contributed by atoms with E-state index in [0.29, 0.717) is 0 Å². The summed E-state index contributed by atoms with van der Waals surface area (Å²) in [4.78, 5) is 20.8. The molecule has 0 amide bonds. The van der Waals surface area contributed by atoms with Crippen LogP contribution in [0.1, 0.15) is 11.1 Å². The third-order valence-corrected chi connectivity index (χ3v) is 1.84. The molecule has 0 spiro atoms. The van der Waals surface area contributed by atoms with E-state index in [9.17, 15) is 9.70 Å². The van der Waals surface area contributed by atoms with Gasteiger partial charge in [0.25, 0.3) is 0 Å². The van der Waals surface area contributed by atoms with E-state index in [0.717, 1.165) is 11.1 Å². The van der Waals surface area contributed by atoms with Crippen LogP contribution in [0.3, 0.4) is 0 Å². The van der Waals surface area contributed by atoms with Crippen molar-refractivity contribution in [2.45, 2.75) is 6.54 Å². The van der Waals surface area contributed by atoms with Gasteiger partial charge in [-0.2, -0.15) is 4.91 Å². The van der Waals surface area contributed by atoms with Crippen LogP contribution in [0.4, 0.5) is 0 Å². The summed E-state index contributed by atoms with van der Waals surface area (Å²) >= 11 is 0. The fourth-order valence-corrected chi connectivity index (χ4v) is 1.04. The van der Waals surface area contributed by atoms with E-state index in [2.05, 4.69) is 9.91 Å². The smallest absolute Gasteiger partial charge is 0.330 e. The molecule has 0 aliphatic heterocycles. The van der Waals surface area contributed by atoms with Crippen molar-refractivity contribution in [2.75, 3.05) is 7.11 Å². The Labute approximate surface area is 87.5 Å². The number of hydrogen-bond donors (Lipinski definition) is 0. The van der Waals surface area contributed by atoms with Crippen molar-refractivity contribution in [3.05, 3.63) is 46.4 Å². The molecule has 1 rings (SSSR count). The molecule has 1 aromatic rings. The van der Waals surface area contributed by atoms with Gasteiger partial charge in [0.1, 0.15) is 6.54 Å². The molecule has 0 atom stereocenters. The van der Waals surface area contributed by atoms with Crippen LogP contribution in [-0.2, 0) is 16.1 Å². The number of hydrogen-bond acceptors (Lipinski definition) is 4. The number of nitrogens with zero attached hydrogens (tertiary/aromatic N) is 1. The third-order valence-electron chi connectivity index (χ3n) is 1.84. The molecule has 0 radical (unpaired) electrons. The van der Waals surface area contributed by atoms with Crippen molar-refractivity contribution in [3.63, 3.8) is 0 Å². The highest BCUT2D eigenvalue weighted by molar-refractivity contribution is 5.86. The fourth-order valence-electron chi connectivity index (χ4n) is 1.04. The van der Waals surface area contributed by atoms with Gasteiger partial charge in [0.2, 0.25) is 0 Å². The Morgan fingerprint density at radius 1 is 1.40 bits per heavy atom. The second kappa shape index (κ2) is 5.70. The Morgan fingerprint density at radius 2 is 2.07 bits per heavy atom. The predicted octanol–water partition coefficient (Wildman–Crippen LogP) is 2.14. The SMILES string of the molecule is COC(=O)C=Cc1ccc(CN=O)cc1. The minimum absolute atomic E-state index is 0.168. The van der Waals surface area contributed by atoms with Gasteiger partial charge in [-0.1, -0.05) is 29.4 Å². The molecule has 0 saturated heterocycles. The van der Waals surface area contributed by atoms with Gasteiger partial charge in [0.05, 0.1) is 7.11 Å². The first-order valence-electron chi connectivity index (χ1n) is 4.40. The van der Waals surface area contributed by atoms with Gasteiger partial charge < -0.3 is 4.74 Å². The second-order valence-corrected chi connectivity index (χ2v) is 2.89. The maximum absolute atomic E-state index is 10.8. The molecule has 4 nitrogen and oxygen atoms in total. The number of esters is 1. The first-order chi connectivity index (χ1) is 7.26. The summed E-state index contributed by atoms with van der Waals surface area (Å²) in [5.74, 6) is -0.395. The molecule has 78 valence electrons. The van der Waals surface area contributed by atoms with Gasteiger partial charge in [0, 0.05) is 6.08 Å². The van der Waals surface area contributed by atoms with E-state index in [1.165, 1.54) is 13.2 Å². The van der Waals surface area contributed by atoms with Crippen LogP contribution in [0.5, 0.6) is 0 Å². The lowest BCUT2D eigenvalue weighted by Gasteiger charge is -1.96. The highest BCUT2D eigenvalue weighted by Crippen LogP contribution is 2.07. The van der Waals surface area contributed by atoms with E-state index in [1.807, 2.05) is 0 Å². The van der Waals surface area contributed by atoms with Crippen LogP contribution < -0.4 is 0 Å². The molecule has 0 heterocycles. The second-order valence-electron chi connectivity index (χ2n) is 2.89. The molecule has 15 heavy (non-hydrogen) atoms. The largest absolute Gasteiger partial charge is 0.466 e. The molecule has 0 aliphatic rings. The summed E-state index contributed by atoms with van der Waals surface area (Å²) in [6, 6.07) is 7.19. The van der Waals surface area contributed by atoms with E-state index >= 15 is 0 Å². The summed E-state index contributed by atoms with van der Waals surface area (Å²) in [5.41, 5.74) is 1.72. The Hall–Kier alpha value is -1.97. The monoisotopic (exact) mass is 205 g/mol. The summed E-state index contributed by atoms with van der Waals surface area (Å²) in [7, 11) is 1.32. The average molecular weight is 205 g/mol. The minimum Gasteiger partial charge on any atom is -0.466 e. The topological polar surface area (TPSA) is 55.7 Å². The molecule has 0 saturated carbocycles. The Morgan fingerprint density at radius 3 is 2.60 bits per heavy atom. The molecule has 0 N–H and O–H groups in total. The fraction of sp³-hybridized carbons (Fsp3) is 0.182. The van der Waals surface area contributed by atoms with Crippen LogP contribution in [-0.4, -0.2) is 13.1 Å². The lowest BCUT2D eigenvalue weighted by Crippen LogP contribution is -1.93. The number of carbonyl (C=O) groups is 1. The van der Waals surface area contributed by atoms with Gasteiger partial charge in [-0.3, -0.25) is 0 Å². The molecule has 0 aliphatic carbocycles. The van der Waals surface area contributed by atoms with Crippen LogP contribution in [0.2, 0.25) is 0 Å². The van der Waals surface area contributed by atoms with Gasteiger partial charge in [-0.05, 0) is 17.2 Å². The van der Waals surface area contributed by atoms with Crippen LogP contribution in [0.15, 0.2) is 35.5 Å². The van der Waals surface area contributed by atoms with Gasteiger partial charge in [-0.15, -0.1) is 0 Å². The zero-order chi connectivity index (χ0) is 11.1. The van der Waals surface area contributed by atoms with Crippen molar-refractivity contribution in [1.82, 2.24) is 0 Å². The maximum atomic E-state index is 10.8. The highest BCUT2D eigenvalue weighted by Gasteiger charge is 1.93. The number of methoxy groups -OCH3 is 1. The molecule has 0 bridgehead atoms. The lowest BCUT2D eigenvalue weighted by atomic mass is 10.1. The van der Waals surface area contributed by atoms with Gasteiger partial charge in [-0.25, -0.2) is 4.79 Å². The van der Waals surface area contributed by atoms with E-state index in [-0.39, 0.29) is 6.54 Å². The van der Waals surface area contributed by atoms with Crippen LogP contribution in [0, 0.1) is 4.91 Å². The molecule has 1 aromatic carbocycles. The molecule has 4 heteroatoms. The number of rotatable bonds is 4. The van der Waals surface area contributed by atoms with Crippen molar-refractivity contribution in [1.29, 1.82) is 0 Å². The van der Waals surface area contributed by atoms with Crippen molar-refractivity contribution in [2.24, 2.45) is 5.18 Å². The highest BCUT2D eigenvalue weighted by atomic mass is 16.5. The average Bonchev–Trinajstić information content (AvgIpc) is 2.28. The normalized spacial score (nSPS) is 10.2. The summed E-state index contributed by atoms with van der Waals surface area (Å²) < 4.78 is 4.45. The molecular weight excluding hydrogens is 194 g/mol. The van der Waals surface area contributed by atoms with Crippen molar-refractivity contribution < 1.29 is 9.53 Å². The molecular formula is C11H11NO3. The van der Waals surface area contributed by atoms with Gasteiger partial charge in [0.15, 0.2) is 0 Å². The number of benzene rings is 1. The van der Waals surface area contributed by atoms with E-state index in [4.69, 9.17) is 0 Å². The molecule has 0 aromatic heterocycles. The predicted molar refractivity (Wildman–Crippen MR) is 57.0 cm³/mol. The maximum Gasteiger partial charge on any atom is 0.330 e. The minimum atomic E-state index is -0.395. The van der Waals surface area contributed by atoms with Crippen molar-refractivity contribution in [3.8, 4) is 0 Å². The zero-order valence-electron chi connectivity index (χ0n) is 8.34.